The number of aromatic amines is 1. The molecule has 0 amide bonds. The standard InChI is InChI=1S/C18H18N2O3S/c1-9-5-6-10(2)13(7-9)8-23-18(22)15-11(3)14-16(21)19-12(4)20-17(14)24-15/h5-7H,8H2,1-4H3,(H,19,20,21). The Bertz CT molecular complexity index is 1000. The molecule has 0 radical (unpaired) electrons. The van der Waals surface area contributed by atoms with Crippen LogP contribution in [-0.2, 0) is 11.3 Å². The van der Waals surface area contributed by atoms with Crippen molar-refractivity contribution < 1.29 is 9.53 Å². The molecule has 0 spiro atoms. The Morgan fingerprint density at radius 1 is 1.25 bits per heavy atom. The fourth-order valence-corrected chi connectivity index (χ4v) is 3.73. The van der Waals surface area contributed by atoms with Crippen molar-refractivity contribution in [1.82, 2.24) is 9.97 Å². The zero-order valence-corrected chi connectivity index (χ0v) is 14.8. The minimum Gasteiger partial charge on any atom is -0.457 e. The van der Waals surface area contributed by atoms with Gasteiger partial charge >= 0.3 is 5.97 Å². The lowest BCUT2D eigenvalue weighted by atomic mass is 10.1. The van der Waals surface area contributed by atoms with Crippen LogP contribution in [0.25, 0.3) is 10.2 Å². The summed E-state index contributed by atoms with van der Waals surface area (Å²) >= 11 is 1.20. The van der Waals surface area contributed by atoms with Gasteiger partial charge in [0.1, 0.15) is 22.1 Å². The highest BCUT2D eigenvalue weighted by atomic mass is 32.1. The molecule has 0 fully saturated rings. The number of ether oxygens (including phenoxy) is 1. The average Bonchev–Trinajstić information content (AvgIpc) is 2.84. The molecule has 0 bridgehead atoms. The molecular formula is C18H18N2O3S. The summed E-state index contributed by atoms with van der Waals surface area (Å²) in [6.07, 6.45) is 0. The Balaban J connectivity index is 1.89. The third-order valence-electron chi connectivity index (χ3n) is 3.97. The van der Waals surface area contributed by atoms with Crippen molar-refractivity contribution in [2.24, 2.45) is 0 Å². The minimum absolute atomic E-state index is 0.211. The summed E-state index contributed by atoms with van der Waals surface area (Å²) in [4.78, 5) is 32.5. The second-order valence-corrected chi connectivity index (χ2v) is 6.89. The van der Waals surface area contributed by atoms with Gasteiger partial charge in [-0.3, -0.25) is 4.79 Å². The van der Waals surface area contributed by atoms with Crippen molar-refractivity contribution in [2.75, 3.05) is 0 Å². The number of aromatic nitrogens is 2. The number of benzene rings is 1. The van der Waals surface area contributed by atoms with E-state index < -0.39 is 5.97 Å². The van der Waals surface area contributed by atoms with Gasteiger partial charge in [0, 0.05) is 0 Å². The molecule has 1 aromatic carbocycles. The lowest BCUT2D eigenvalue weighted by molar-refractivity contribution is 0.0477. The van der Waals surface area contributed by atoms with Crippen LogP contribution in [0.4, 0.5) is 0 Å². The first kappa shape index (κ1) is 16.4. The van der Waals surface area contributed by atoms with E-state index in [0.717, 1.165) is 16.7 Å². The van der Waals surface area contributed by atoms with Gasteiger partial charge < -0.3 is 9.72 Å². The number of carbonyl (C=O) groups is 1. The van der Waals surface area contributed by atoms with E-state index in [2.05, 4.69) is 9.97 Å². The van der Waals surface area contributed by atoms with E-state index in [9.17, 15) is 9.59 Å². The number of thiophene rings is 1. The fraction of sp³-hybridized carbons (Fsp3) is 0.278. The maximum absolute atomic E-state index is 12.4. The number of hydrogen-bond donors (Lipinski definition) is 1. The smallest absolute Gasteiger partial charge is 0.349 e. The second kappa shape index (κ2) is 6.20. The highest BCUT2D eigenvalue weighted by Gasteiger charge is 2.20. The summed E-state index contributed by atoms with van der Waals surface area (Å²) in [5.41, 5.74) is 3.58. The lowest BCUT2D eigenvalue weighted by Gasteiger charge is -2.08. The molecule has 5 nitrogen and oxygen atoms in total. The number of hydrogen-bond acceptors (Lipinski definition) is 5. The highest BCUT2D eigenvalue weighted by Crippen LogP contribution is 2.28. The van der Waals surface area contributed by atoms with Gasteiger partial charge in [0.05, 0.1) is 5.39 Å². The second-order valence-electron chi connectivity index (χ2n) is 5.89. The quantitative estimate of drug-likeness (QED) is 0.739. The lowest BCUT2D eigenvalue weighted by Crippen LogP contribution is -2.10. The van der Waals surface area contributed by atoms with Crippen LogP contribution in [0.2, 0.25) is 0 Å². The molecule has 0 aliphatic rings. The van der Waals surface area contributed by atoms with Crippen molar-refractivity contribution in [2.45, 2.75) is 34.3 Å². The van der Waals surface area contributed by atoms with Crippen molar-refractivity contribution in [1.29, 1.82) is 0 Å². The van der Waals surface area contributed by atoms with Crippen LogP contribution in [-0.4, -0.2) is 15.9 Å². The van der Waals surface area contributed by atoms with Crippen LogP contribution in [0.15, 0.2) is 23.0 Å². The molecule has 0 aliphatic heterocycles. The Morgan fingerprint density at radius 3 is 2.75 bits per heavy atom. The van der Waals surface area contributed by atoms with Crippen LogP contribution in [0, 0.1) is 27.7 Å². The number of carbonyl (C=O) groups excluding carboxylic acids is 1. The van der Waals surface area contributed by atoms with Crippen molar-refractivity contribution in [3.63, 3.8) is 0 Å². The number of esters is 1. The number of nitrogens with one attached hydrogen (secondary N) is 1. The van der Waals surface area contributed by atoms with Gasteiger partial charge in [-0.25, -0.2) is 9.78 Å². The molecule has 3 aromatic rings. The zero-order chi connectivity index (χ0) is 17.4. The molecule has 1 N–H and O–H groups in total. The van der Waals surface area contributed by atoms with Gasteiger partial charge in [-0.2, -0.15) is 0 Å². The summed E-state index contributed by atoms with van der Waals surface area (Å²) in [6, 6.07) is 6.04. The number of rotatable bonds is 3. The number of aryl methyl sites for hydroxylation is 4. The van der Waals surface area contributed by atoms with E-state index in [1.807, 2.05) is 32.0 Å². The van der Waals surface area contributed by atoms with Crippen molar-refractivity contribution >= 4 is 27.5 Å². The van der Waals surface area contributed by atoms with E-state index >= 15 is 0 Å². The van der Waals surface area contributed by atoms with E-state index in [1.54, 1.807) is 13.8 Å². The molecule has 0 unspecified atom stereocenters. The predicted molar refractivity (Wildman–Crippen MR) is 94.8 cm³/mol. The average molecular weight is 342 g/mol. The maximum Gasteiger partial charge on any atom is 0.349 e. The van der Waals surface area contributed by atoms with Crippen LogP contribution in [0.5, 0.6) is 0 Å². The first-order valence-corrected chi connectivity index (χ1v) is 8.41. The molecule has 3 rings (SSSR count). The van der Waals surface area contributed by atoms with E-state index in [0.29, 0.717) is 26.5 Å². The molecule has 2 aromatic heterocycles. The van der Waals surface area contributed by atoms with Gasteiger partial charge in [0.2, 0.25) is 0 Å². The van der Waals surface area contributed by atoms with Crippen molar-refractivity contribution in [3.05, 3.63) is 61.5 Å². The van der Waals surface area contributed by atoms with E-state index in [-0.39, 0.29) is 12.2 Å². The highest BCUT2D eigenvalue weighted by molar-refractivity contribution is 7.20. The molecule has 0 aliphatic carbocycles. The van der Waals surface area contributed by atoms with Crippen LogP contribution in [0.3, 0.4) is 0 Å². The summed E-state index contributed by atoms with van der Waals surface area (Å²) in [5, 5.41) is 0.462. The summed E-state index contributed by atoms with van der Waals surface area (Å²) in [6.45, 7) is 7.66. The Morgan fingerprint density at radius 2 is 2.00 bits per heavy atom. The minimum atomic E-state index is -0.423. The van der Waals surface area contributed by atoms with Gasteiger partial charge in [0.25, 0.3) is 5.56 Å². The largest absolute Gasteiger partial charge is 0.457 e. The number of nitrogens with zero attached hydrogens (tertiary/aromatic N) is 1. The van der Waals surface area contributed by atoms with Gasteiger partial charge in [0.15, 0.2) is 0 Å². The van der Waals surface area contributed by atoms with E-state index in [1.165, 1.54) is 11.3 Å². The SMILES string of the molecule is Cc1ccc(C)c(COC(=O)c2sc3nc(C)[nH]c(=O)c3c2C)c1. The predicted octanol–water partition coefficient (Wildman–Crippen LogP) is 3.58. The molecule has 2 heterocycles. The number of H-pyrrole nitrogens is 1. The Hall–Kier alpha value is -2.47. The molecule has 6 heteroatoms. The Kier molecular flexibility index (Phi) is 4.24. The van der Waals surface area contributed by atoms with Crippen LogP contribution < -0.4 is 5.56 Å². The summed E-state index contributed by atoms with van der Waals surface area (Å²) in [7, 11) is 0. The van der Waals surface area contributed by atoms with Crippen molar-refractivity contribution in [3.8, 4) is 0 Å². The van der Waals surface area contributed by atoms with Crippen LogP contribution >= 0.6 is 11.3 Å². The fourth-order valence-electron chi connectivity index (χ4n) is 2.61. The number of fused-ring (bicyclic) bond motifs is 1. The normalized spacial score (nSPS) is 11.0. The first-order chi connectivity index (χ1) is 11.4. The molecule has 0 atom stereocenters. The van der Waals surface area contributed by atoms with Gasteiger partial charge in [-0.05, 0) is 44.4 Å². The molecule has 24 heavy (non-hydrogen) atoms. The van der Waals surface area contributed by atoms with Gasteiger partial charge in [-0.1, -0.05) is 23.8 Å². The third-order valence-corrected chi connectivity index (χ3v) is 5.13. The maximum atomic E-state index is 12.4. The molecular weight excluding hydrogens is 324 g/mol. The first-order valence-electron chi connectivity index (χ1n) is 7.60. The summed E-state index contributed by atoms with van der Waals surface area (Å²) < 4.78 is 5.46. The zero-order valence-electron chi connectivity index (χ0n) is 14.0. The molecule has 0 saturated heterocycles. The van der Waals surface area contributed by atoms with Crippen LogP contribution in [0.1, 0.15) is 37.7 Å². The monoisotopic (exact) mass is 342 g/mol. The molecule has 124 valence electrons. The summed E-state index contributed by atoms with van der Waals surface area (Å²) in [5.74, 6) is 0.109. The third kappa shape index (κ3) is 2.97. The molecule has 0 saturated carbocycles. The topological polar surface area (TPSA) is 72.0 Å². The Labute approximate surface area is 143 Å². The van der Waals surface area contributed by atoms with E-state index in [4.69, 9.17) is 4.74 Å². The van der Waals surface area contributed by atoms with Gasteiger partial charge in [-0.15, -0.1) is 11.3 Å².